The Bertz CT molecular complexity index is 1470. The van der Waals surface area contributed by atoms with Crippen LogP contribution in [0.1, 0.15) is 24.0 Å². The van der Waals surface area contributed by atoms with Crippen molar-refractivity contribution in [3.8, 4) is 0 Å². The Morgan fingerprint density at radius 2 is 1.94 bits per heavy atom. The van der Waals surface area contributed by atoms with Crippen LogP contribution in [0, 0.1) is 0 Å². The van der Waals surface area contributed by atoms with Crippen molar-refractivity contribution in [1.82, 2.24) is 9.31 Å². The largest absolute Gasteiger partial charge is 0.467 e. The fourth-order valence-corrected chi connectivity index (χ4v) is 4.90. The summed E-state index contributed by atoms with van der Waals surface area (Å²) in [4.78, 5) is 13.4. The zero-order valence-corrected chi connectivity index (χ0v) is 20.0. The first-order valence-corrected chi connectivity index (χ1v) is 12.5. The van der Waals surface area contributed by atoms with Crippen molar-refractivity contribution in [2.24, 2.45) is 5.10 Å². The first-order valence-electron chi connectivity index (χ1n) is 11.0. The second kappa shape index (κ2) is 9.05. The number of hydrazone groups is 1. The summed E-state index contributed by atoms with van der Waals surface area (Å²) in [7, 11) is -0.646. The van der Waals surface area contributed by atoms with Crippen LogP contribution in [0.2, 0.25) is 0 Å². The number of carbonyl (C=O) groups is 1. The molecule has 0 unspecified atom stereocenters. The van der Waals surface area contributed by atoms with Crippen molar-refractivity contribution >= 4 is 38.3 Å². The molecule has 9 nitrogen and oxygen atoms in total. The molecule has 0 radical (unpaired) electrons. The highest BCUT2D eigenvalue weighted by atomic mass is 32.2. The van der Waals surface area contributed by atoms with E-state index in [-0.39, 0.29) is 17.3 Å². The van der Waals surface area contributed by atoms with E-state index in [0.717, 1.165) is 15.3 Å². The molecule has 1 amide bonds. The molecule has 3 heterocycles. The first kappa shape index (κ1) is 22.9. The Kier molecular flexibility index (Phi) is 5.91. The van der Waals surface area contributed by atoms with Crippen molar-refractivity contribution in [1.29, 1.82) is 0 Å². The molecule has 180 valence electrons. The van der Waals surface area contributed by atoms with Gasteiger partial charge in [0.1, 0.15) is 23.1 Å². The van der Waals surface area contributed by atoms with Crippen LogP contribution < -0.4 is 5.32 Å². The summed E-state index contributed by atoms with van der Waals surface area (Å²) in [5, 5.41) is 9.96. The van der Waals surface area contributed by atoms with Crippen LogP contribution in [-0.4, -0.2) is 50.0 Å². The Hall–Kier alpha value is -3.89. The Morgan fingerprint density at radius 1 is 1.11 bits per heavy atom. The van der Waals surface area contributed by atoms with Gasteiger partial charge < -0.3 is 14.2 Å². The molecule has 0 saturated heterocycles. The van der Waals surface area contributed by atoms with Gasteiger partial charge in [0.15, 0.2) is 5.76 Å². The maximum Gasteiger partial charge on any atom is 0.262 e. The number of furan rings is 2. The summed E-state index contributed by atoms with van der Waals surface area (Å²) in [6.45, 7) is -0.0837. The van der Waals surface area contributed by atoms with Gasteiger partial charge in [0, 0.05) is 31.6 Å². The molecule has 0 saturated carbocycles. The maximum absolute atomic E-state index is 13.2. The van der Waals surface area contributed by atoms with Crippen LogP contribution >= 0.6 is 0 Å². The number of nitrogens with one attached hydrogen (secondary N) is 1. The molecule has 5 rings (SSSR count). The van der Waals surface area contributed by atoms with Gasteiger partial charge in [-0.15, -0.1) is 0 Å². The van der Waals surface area contributed by atoms with Crippen molar-refractivity contribution < 1.29 is 22.0 Å². The van der Waals surface area contributed by atoms with E-state index in [2.05, 4.69) is 10.4 Å². The molecule has 35 heavy (non-hydrogen) atoms. The molecule has 0 fully saturated rings. The number of rotatable bonds is 7. The third-order valence-electron chi connectivity index (χ3n) is 5.80. The van der Waals surface area contributed by atoms with E-state index in [1.54, 1.807) is 24.5 Å². The van der Waals surface area contributed by atoms with Crippen LogP contribution in [0.5, 0.6) is 0 Å². The molecule has 2 aromatic heterocycles. The molecule has 1 aliphatic rings. The second-order valence-electron chi connectivity index (χ2n) is 8.34. The standard InChI is InChI=1S/C25H24N4O5S/c1-28(2)35(31,32)19-9-5-8-18(14-19)26-16-25(30)29-21(23-11-6-12-33-23)15-20(27-29)24-13-17-7-3-4-10-22(17)34-24/h3-14,21,26H,15-16H2,1-2H3/t21-/m0/s1. The highest BCUT2D eigenvalue weighted by Gasteiger charge is 2.35. The first-order chi connectivity index (χ1) is 16.8. The third kappa shape index (κ3) is 4.45. The van der Waals surface area contributed by atoms with E-state index in [9.17, 15) is 13.2 Å². The lowest BCUT2D eigenvalue weighted by Crippen LogP contribution is -2.32. The van der Waals surface area contributed by atoms with Crippen LogP contribution in [0.15, 0.2) is 91.8 Å². The SMILES string of the molecule is CN(C)S(=O)(=O)c1cccc(NCC(=O)N2N=C(c3cc4ccccc4o3)C[C@H]2c2ccco2)c1. The van der Waals surface area contributed by atoms with E-state index >= 15 is 0 Å². The molecule has 10 heteroatoms. The quantitative estimate of drug-likeness (QED) is 0.417. The number of anilines is 1. The van der Waals surface area contributed by atoms with E-state index in [4.69, 9.17) is 8.83 Å². The fourth-order valence-electron chi connectivity index (χ4n) is 3.95. The van der Waals surface area contributed by atoms with Crippen LogP contribution in [0.25, 0.3) is 11.0 Å². The lowest BCUT2D eigenvalue weighted by molar-refractivity contribution is -0.131. The lowest BCUT2D eigenvalue weighted by atomic mass is 10.1. The Morgan fingerprint density at radius 3 is 2.69 bits per heavy atom. The lowest BCUT2D eigenvalue weighted by Gasteiger charge is -2.20. The second-order valence-corrected chi connectivity index (χ2v) is 10.5. The minimum absolute atomic E-state index is 0.0837. The van der Waals surface area contributed by atoms with Gasteiger partial charge in [0.25, 0.3) is 5.91 Å². The van der Waals surface area contributed by atoms with Gasteiger partial charge >= 0.3 is 0 Å². The van der Waals surface area contributed by atoms with Gasteiger partial charge in [-0.05, 0) is 42.5 Å². The van der Waals surface area contributed by atoms with Crippen LogP contribution in [0.3, 0.4) is 0 Å². The van der Waals surface area contributed by atoms with Gasteiger partial charge in [0.2, 0.25) is 10.0 Å². The maximum atomic E-state index is 13.2. The number of nitrogens with zero attached hydrogens (tertiary/aromatic N) is 3. The number of para-hydroxylation sites is 1. The average molecular weight is 493 g/mol. The zero-order chi connectivity index (χ0) is 24.6. The number of amides is 1. The smallest absolute Gasteiger partial charge is 0.262 e. The minimum Gasteiger partial charge on any atom is -0.467 e. The molecule has 4 aromatic rings. The molecule has 0 aliphatic carbocycles. The zero-order valence-electron chi connectivity index (χ0n) is 19.2. The normalized spacial score (nSPS) is 16.1. The predicted molar refractivity (Wildman–Crippen MR) is 131 cm³/mol. The molecule has 1 N–H and O–H groups in total. The van der Waals surface area contributed by atoms with Crippen LogP contribution in [-0.2, 0) is 14.8 Å². The summed E-state index contributed by atoms with van der Waals surface area (Å²) in [5.41, 5.74) is 1.91. The number of carbonyl (C=O) groups excluding carboxylic acids is 1. The molecule has 2 aromatic carbocycles. The van der Waals surface area contributed by atoms with Gasteiger partial charge in [-0.3, -0.25) is 4.79 Å². The number of benzene rings is 2. The Labute approximate surface area is 202 Å². The van der Waals surface area contributed by atoms with Gasteiger partial charge in [-0.25, -0.2) is 17.7 Å². The summed E-state index contributed by atoms with van der Waals surface area (Å²) in [5.74, 6) is 0.929. The minimum atomic E-state index is -3.59. The van der Waals surface area contributed by atoms with Crippen molar-refractivity contribution in [2.45, 2.75) is 17.4 Å². The summed E-state index contributed by atoms with van der Waals surface area (Å²) in [6, 6.07) is 19.1. The fraction of sp³-hybridized carbons (Fsp3) is 0.200. The van der Waals surface area contributed by atoms with E-state index in [1.165, 1.54) is 31.2 Å². The highest BCUT2D eigenvalue weighted by molar-refractivity contribution is 7.89. The van der Waals surface area contributed by atoms with Crippen LogP contribution in [0.4, 0.5) is 5.69 Å². The van der Waals surface area contributed by atoms with Gasteiger partial charge in [-0.1, -0.05) is 24.3 Å². The monoisotopic (exact) mass is 492 g/mol. The molecule has 1 atom stereocenters. The third-order valence-corrected chi connectivity index (χ3v) is 7.61. The number of hydrogen-bond acceptors (Lipinski definition) is 7. The van der Waals surface area contributed by atoms with E-state index in [1.807, 2.05) is 36.4 Å². The molecule has 0 spiro atoms. The molecular weight excluding hydrogens is 468 g/mol. The summed E-state index contributed by atoms with van der Waals surface area (Å²) in [6.07, 6.45) is 2.00. The summed E-state index contributed by atoms with van der Waals surface area (Å²) < 4.78 is 37.6. The highest BCUT2D eigenvalue weighted by Crippen LogP contribution is 2.34. The van der Waals surface area contributed by atoms with E-state index in [0.29, 0.717) is 29.3 Å². The molecular formula is C25H24N4O5S. The summed E-state index contributed by atoms with van der Waals surface area (Å²) >= 11 is 0. The van der Waals surface area contributed by atoms with Crippen molar-refractivity contribution in [2.75, 3.05) is 26.0 Å². The Balaban J connectivity index is 1.38. The average Bonchev–Trinajstić information content (AvgIpc) is 3.61. The predicted octanol–water partition coefficient (Wildman–Crippen LogP) is 4.07. The van der Waals surface area contributed by atoms with E-state index < -0.39 is 16.1 Å². The molecule has 0 bridgehead atoms. The van der Waals surface area contributed by atoms with Gasteiger partial charge in [-0.2, -0.15) is 5.10 Å². The number of hydrogen-bond donors (Lipinski definition) is 1. The van der Waals surface area contributed by atoms with Crippen molar-refractivity contribution in [3.05, 3.63) is 84.5 Å². The topological polar surface area (TPSA) is 108 Å². The van der Waals surface area contributed by atoms with Gasteiger partial charge in [0.05, 0.1) is 17.7 Å². The number of sulfonamides is 1. The number of fused-ring (bicyclic) bond motifs is 1. The van der Waals surface area contributed by atoms with Crippen molar-refractivity contribution in [3.63, 3.8) is 0 Å². The molecule has 1 aliphatic heterocycles.